The third-order valence-electron chi connectivity index (χ3n) is 3.73. The maximum Gasteiger partial charge on any atom is 0.241 e. The molecule has 3 rings (SSSR count). The van der Waals surface area contributed by atoms with E-state index < -0.39 is 0 Å². The monoisotopic (exact) mass is 272 g/mol. The Morgan fingerprint density at radius 2 is 2.10 bits per heavy atom. The molecule has 5 heteroatoms. The summed E-state index contributed by atoms with van der Waals surface area (Å²) in [6.45, 7) is 7.13. The molecule has 20 heavy (non-hydrogen) atoms. The molecule has 5 nitrogen and oxygen atoms in total. The van der Waals surface area contributed by atoms with Gasteiger partial charge in [0.2, 0.25) is 11.7 Å². The number of nitrogens with zero attached hydrogens (tertiary/aromatic N) is 3. The maximum atomic E-state index is 5.38. The molecule has 2 unspecified atom stereocenters. The minimum Gasteiger partial charge on any atom is -0.338 e. The average molecular weight is 272 g/mol. The van der Waals surface area contributed by atoms with Crippen molar-refractivity contribution in [1.29, 1.82) is 0 Å². The van der Waals surface area contributed by atoms with E-state index >= 15 is 0 Å². The molecule has 1 fully saturated rings. The molecule has 2 heterocycles. The van der Waals surface area contributed by atoms with Gasteiger partial charge in [0, 0.05) is 30.7 Å². The molecule has 1 N–H and O–H groups in total. The van der Waals surface area contributed by atoms with Gasteiger partial charge < -0.3 is 9.84 Å². The summed E-state index contributed by atoms with van der Waals surface area (Å²) in [4.78, 5) is 6.87. The lowest BCUT2D eigenvalue weighted by Gasteiger charge is -2.36. The van der Waals surface area contributed by atoms with Gasteiger partial charge in [0.05, 0.1) is 6.54 Å². The van der Waals surface area contributed by atoms with Crippen LogP contribution in [-0.4, -0.2) is 40.2 Å². The van der Waals surface area contributed by atoms with Crippen molar-refractivity contribution in [3.63, 3.8) is 0 Å². The van der Waals surface area contributed by atoms with Gasteiger partial charge >= 0.3 is 0 Å². The molecule has 2 atom stereocenters. The second kappa shape index (κ2) is 5.73. The number of aromatic nitrogens is 2. The molecule has 1 aromatic carbocycles. The minimum absolute atomic E-state index is 0.485. The predicted octanol–water partition coefficient (Wildman–Crippen LogP) is 1.92. The van der Waals surface area contributed by atoms with Gasteiger partial charge in [0.25, 0.3) is 0 Å². The highest BCUT2D eigenvalue weighted by Gasteiger charge is 2.24. The summed E-state index contributed by atoms with van der Waals surface area (Å²) in [7, 11) is 0. The number of piperazine rings is 1. The van der Waals surface area contributed by atoms with Crippen molar-refractivity contribution in [3.8, 4) is 11.4 Å². The molecule has 1 aromatic heterocycles. The van der Waals surface area contributed by atoms with Crippen molar-refractivity contribution in [2.45, 2.75) is 32.5 Å². The van der Waals surface area contributed by atoms with E-state index in [-0.39, 0.29) is 0 Å². The number of nitrogens with one attached hydrogen (secondary N) is 1. The lowest BCUT2D eigenvalue weighted by atomic mass is 10.1. The third kappa shape index (κ3) is 2.89. The van der Waals surface area contributed by atoms with Crippen LogP contribution in [-0.2, 0) is 6.54 Å². The quantitative estimate of drug-likeness (QED) is 0.925. The van der Waals surface area contributed by atoms with Crippen LogP contribution in [0.2, 0.25) is 0 Å². The summed E-state index contributed by atoms with van der Waals surface area (Å²) < 4.78 is 5.38. The van der Waals surface area contributed by atoms with Crippen LogP contribution in [0.15, 0.2) is 34.9 Å². The number of hydrogen-bond donors (Lipinski definition) is 1. The van der Waals surface area contributed by atoms with Crippen LogP contribution in [0.1, 0.15) is 19.7 Å². The van der Waals surface area contributed by atoms with E-state index in [2.05, 4.69) is 34.2 Å². The standard InChI is InChI=1S/C15H20N4O/c1-11-9-19(12(2)8-16-11)10-14-17-15(18-20-14)13-6-4-3-5-7-13/h3-7,11-12,16H,8-10H2,1-2H3. The zero-order chi connectivity index (χ0) is 13.9. The fourth-order valence-electron chi connectivity index (χ4n) is 2.51. The van der Waals surface area contributed by atoms with Gasteiger partial charge in [0.15, 0.2) is 0 Å². The van der Waals surface area contributed by atoms with Gasteiger partial charge in [-0.05, 0) is 13.8 Å². The molecule has 106 valence electrons. The molecular formula is C15H20N4O. The first-order chi connectivity index (χ1) is 9.72. The Labute approximate surface area is 119 Å². The molecule has 1 aliphatic rings. The summed E-state index contributed by atoms with van der Waals surface area (Å²) >= 11 is 0. The van der Waals surface area contributed by atoms with E-state index in [1.165, 1.54) is 0 Å². The van der Waals surface area contributed by atoms with Crippen molar-refractivity contribution in [3.05, 3.63) is 36.2 Å². The molecule has 0 saturated carbocycles. The SMILES string of the molecule is CC1CN(Cc2nc(-c3ccccc3)no2)C(C)CN1. The topological polar surface area (TPSA) is 54.2 Å². The van der Waals surface area contributed by atoms with Crippen molar-refractivity contribution < 1.29 is 4.52 Å². The Bertz CT molecular complexity index is 554. The van der Waals surface area contributed by atoms with Gasteiger partial charge in [-0.1, -0.05) is 35.5 Å². The fourth-order valence-corrected chi connectivity index (χ4v) is 2.51. The van der Waals surface area contributed by atoms with Crippen LogP contribution in [0.3, 0.4) is 0 Å². The Morgan fingerprint density at radius 3 is 2.90 bits per heavy atom. The van der Waals surface area contributed by atoms with Gasteiger partial charge in [-0.25, -0.2) is 0 Å². The molecule has 0 aliphatic carbocycles. The molecular weight excluding hydrogens is 252 g/mol. The van der Waals surface area contributed by atoms with Crippen LogP contribution >= 0.6 is 0 Å². The minimum atomic E-state index is 0.485. The molecule has 1 saturated heterocycles. The predicted molar refractivity (Wildman–Crippen MR) is 77.1 cm³/mol. The summed E-state index contributed by atoms with van der Waals surface area (Å²) in [5.74, 6) is 1.35. The van der Waals surface area contributed by atoms with E-state index in [4.69, 9.17) is 4.52 Å². The molecule has 1 aliphatic heterocycles. The number of hydrogen-bond acceptors (Lipinski definition) is 5. The van der Waals surface area contributed by atoms with Gasteiger partial charge in [0.1, 0.15) is 0 Å². The van der Waals surface area contributed by atoms with Crippen LogP contribution in [0.5, 0.6) is 0 Å². The van der Waals surface area contributed by atoms with Gasteiger partial charge in [-0.2, -0.15) is 4.98 Å². The van der Waals surface area contributed by atoms with E-state index in [1.807, 2.05) is 30.3 Å². The second-order valence-corrected chi connectivity index (χ2v) is 5.47. The van der Waals surface area contributed by atoms with Crippen LogP contribution in [0, 0.1) is 0 Å². The van der Waals surface area contributed by atoms with Crippen molar-refractivity contribution >= 4 is 0 Å². The molecule has 0 spiro atoms. The van der Waals surface area contributed by atoms with E-state index in [0.717, 1.165) is 18.7 Å². The summed E-state index contributed by atoms with van der Waals surface area (Å²) in [5.41, 5.74) is 0.990. The van der Waals surface area contributed by atoms with E-state index in [9.17, 15) is 0 Å². The van der Waals surface area contributed by atoms with Crippen molar-refractivity contribution in [2.75, 3.05) is 13.1 Å². The summed E-state index contributed by atoms with van der Waals surface area (Å²) in [5, 5.41) is 7.54. The maximum absolute atomic E-state index is 5.38. The normalized spacial score (nSPS) is 23.9. The zero-order valence-electron chi connectivity index (χ0n) is 11.9. The first kappa shape index (κ1) is 13.3. The van der Waals surface area contributed by atoms with E-state index in [1.54, 1.807) is 0 Å². The molecule has 0 amide bonds. The zero-order valence-corrected chi connectivity index (χ0v) is 11.9. The lowest BCUT2D eigenvalue weighted by molar-refractivity contribution is 0.123. The third-order valence-corrected chi connectivity index (χ3v) is 3.73. The first-order valence-electron chi connectivity index (χ1n) is 7.08. The average Bonchev–Trinajstić information content (AvgIpc) is 2.92. The van der Waals surface area contributed by atoms with E-state index in [0.29, 0.717) is 30.3 Å². The van der Waals surface area contributed by atoms with Gasteiger partial charge in [-0.15, -0.1) is 0 Å². The highest BCUT2D eigenvalue weighted by atomic mass is 16.5. The van der Waals surface area contributed by atoms with Gasteiger partial charge in [-0.3, -0.25) is 4.90 Å². The lowest BCUT2D eigenvalue weighted by Crippen LogP contribution is -2.53. The molecule has 2 aromatic rings. The Balaban J connectivity index is 1.71. The van der Waals surface area contributed by atoms with Crippen molar-refractivity contribution in [2.24, 2.45) is 0 Å². The second-order valence-electron chi connectivity index (χ2n) is 5.47. The van der Waals surface area contributed by atoms with Crippen LogP contribution < -0.4 is 5.32 Å². The first-order valence-corrected chi connectivity index (χ1v) is 7.08. The van der Waals surface area contributed by atoms with Crippen LogP contribution in [0.25, 0.3) is 11.4 Å². The fraction of sp³-hybridized carbons (Fsp3) is 0.467. The van der Waals surface area contributed by atoms with Crippen LogP contribution in [0.4, 0.5) is 0 Å². The Morgan fingerprint density at radius 1 is 1.30 bits per heavy atom. The summed E-state index contributed by atoms with van der Waals surface area (Å²) in [6.07, 6.45) is 0. The highest BCUT2D eigenvalue weighted by Crippen LogP contribution is 2.17. The summed E-state index contributed by atoms with van der Waals surface area (Å²) in [6, 6.07) is 10.9. The molecule has 0 radical (unpaired) electrons. The highest BCUT2D eigenvalue weighted by molar-refractivity contribution is 5.53. The molecule has 0 bridgehead atoms. The number of benzene rings is 1. The largest absolute Gasteiger partial charge is 0.338 e. The Hall–Kier alpha value is -1.72. The Kier molecular flexibility index (Phi) is 3.80. The number of rotatable bonds is 3. The van der Waals surface area contributed by atoms with Crippen molar-refractivity contribution in [1.82, 2.24) is 20.4 Å². The smallest absolute Gasteiger partial charge is 0.241 e.